The van der Waals surface area contributed by atoms with Crippen molar-refractivity contribution in [2.24, 2.45) is 4.99 Å². The van der Waals surface area contributed by atoms with Gasteiger partial charge in [0.25, 0.3) is 0 Å². The molecule has 0 aliphatic carbocycles. The first-order chi connectivity index (χ1) is 11.3. The van der Waals surface area contributed by atoms with E-state index >= 15 is 0 Å². The minimum absolute atomic E-state index is 0. The Bertz CT molecular complexity index is 692. The largest absolute Gasteiger partial charge is 0.434 e. The second-order valence-corrected chi connectivity index (χ2v) is 7.21. The normalized spacial score (nSPS) is 12.0. The van der Waals surface area contributed by atoms with Crippen LogP contribution in [-0.2, 0) is 19.1 Å². The van der Waals surface area contributed by atoms with Gasteiger partial charge < -0.3 is 10.6 Å². The second-order valence-electron chi connectivity index (χ2n) is 4.98. The van der Waals surface area contributed by atoms with Crippen molar-refractivity contribution in [2.75, 3.05) is 13.6 Å². The number of hydrogen-bond donors (Lipinski definition) is 2. The second kappa shape index (κ2) is 9.67. The van der Waals surface area contributed by atoms with Crippen molar-refractivity contribution in [2.45, 2.75) is 33.0 Å². The van der Waals surface area contributed by atoms with E-state index in [4.69, 9.17) is 0 Å². The van der Waals surface area contributed by atoms with Gasteiger partial charge in [-0.3, -0.25) is 4.99 Å². The molecule has 0 spiro atoms. The molecular formula is C14H19F3IN5S2. The number of alkyl halides is 3. The molecule has 0 fully saturated rings. The summed E-state index contributed by atoms with van der Waals surface area (Å²) in [6, 6.07) is 0. The maximum atomic E-state index is 12.5. The predicted molar refractivity (Wildman–Crippen MR) is 106 cm³/mol. The Morgan fingerprint density at radius 2 is 1.92 bits per heavy atom. The molecule has 0 aliphatic heterocycles. The zero-order valence-corrected chi connectivity index (χ0v) is 17.9. The van der Waals surface area contributed by atoms with Crippen LogP contribution in [0, 0.1) is 13.8 Å². The van der Waals surface area contributed by atoms with Crippen molar-refractivity contribution in [1.29, 1.82) is 0 Å². The van der Waals surface area contributed by atoms with Crippen LogP contribution in [0.15, 0.2) is 10.4 Å². The van der Waals surface area contributed by atoms with Gasteiger partial charge in [-0.15, -0.1) is 46.7 Å². The molecule has 0 aliphatic rings. The summed E-state index contributed by atoms with van der Waals surface area (Å²) in [4.78, 5) is 13.3. The van der Waals surface area contributed by atoms with Gasteiger partial charge in [-0.1, -0.05) is 0 Å². The average Bonchev–Trinajstić information content (AvgIpc) is 3.10. The lowest BCUT2D eigenvalue weighted by atomic mass is 10.4. The van der Waals surface area contributed by atoms with Gasteiger partial charge >= 0.3 is 6.18 Å². The Kier molecular flexibility index (Phi) is 8.54. The Balaban J connectivity index is 0.00000312. The molecule has 5 nitrogen and oxygen atoms in total. The number of guanidine groups is 1. The van der Waals surface area contributed by atoms with Crippen LogP contribution in [0.1, 0.15) is 26.3 Å². The molecule has 2 aromatic rings. The molecule has 0 radical (unpaired) electrons. The van der Waals surface area contributed by atoms with Crippen molar-refractivity contribution < 1.29 is 13.2 Å². The Labute approximate surface area is 169 Å². The smallest absolute Gasteiger partial charge is 0.356 e. The number of hydrogen-bond acceptors (Lipinski definition) is 5. The monoisotopic (exact) mass is 505 g/mol. The van der Waals surface area contributed by atoms with E-state index in [1.165, 1.54) is 4.88 Å². The number of aromatic nitrogens is 2. The van der Waals surface area contributed by atoms with Crippen molar-refractivity contribution in [3.8, 4) is 0 Å². The van der Waals surface area contributed by atoms with E-state index in [1.807, 2.05) is 13.8 Å². The van der Waals surface area contributed by atoms with E-state index < -0.39 is 11.9 Å². The van der Waals surface area contributed by atoms with Crippen molar-refractivity contribution in [1.82, 2.24) is 20.6 Å². The third-order valence-electron chi connectivity index (χ3n) is 3.18. The summed E-state index contributed by atoms with van der Waals surface area (Å²) in [6.45, 7) is 4.98. The molecule has 0 bridgehead atoms. The minimum Gasteiger partial charge on any atom is -0.356 e. The molecule has 0 saturated carbocycles. The fraction of sp³-hybridized carbons (Fsp3) is 0.500. The number of thiazole rings is 2. The van der Waals surface area contributed by atoms with Gasteiger partial charge in [0.05, 0.1) is 17.2 Å². The van der Waals surface area contributed by atoms with Crippen LogP contribution in [0.2, 0.25) is 0 Å². The van der Waals surface area contributed by atoms with E-state index in [1.54, 1.807) is 18.4 Å². The van der Waals surface area contributed by atoms with Gasteiger partial charge in [0.1, 0.15) is 5.01 Å². The van der Waals surface area contributed by atoms with Gasteiger partial charge in [-0.25, -0.2) is 9.97 Å². The SMILES string of the molecule is CN=C(NCCc1nc(C(F)(F)F)cs1)NCc1nc(C)c(C)s1.I. The highest BCUT2D eigenvalue weighted by atomic mass is 127. The van der Waals surface area contributed by atoms with Gasteiger partial charge in [0, 0.05) is 30.3 Å². The molecule has 0 amide bonds. The Morgan fingerprint density at radius 3 is 2.44 bits per heavy atom. The predicted octanol–water partition coefficient (Wildman–Crippen LogP) is 3.76. The third kappa shape index (κ3) is 6.70. The fourth-order valence-corrected chi connectivity index (χ4v) is 3.52. The summed E-state index contributed by atoms with van der Waals surface area (Å²) in [5.74, 6) is 0.577. The summed E-state index contributed by atoms with van der Waals surface area (Å²) in [5.41, 5.74) is 0.184. The van der Waals surface area contributed by atoms with Crippen LogP contribution in [-0.4, -0.2) is 29.5 Å². The molecule has 2 heterocycles. The topological polar surface area (TPSA) is 62.2 Å². The van der Waals surface area contributed by atoms with Gasteiger partial charge in [-0.05, 0) is 13.8 Å². The first-order valence-corrected chi connectivity index (χ1v) is 8.88. The first-order valence-electron chi connectivity index (χ1n) is 7.18. The van der Waals surface area contributed by atoms with Crippen LogP contribution in [0.5, 0.6) is 0 Å². The number of rotatable bonds is 5. The average molecular weight is 505 g/mol. The standard InChI is InChI=1S/C14H18F3N5S2.HI/c1-8-9(2)24-12(21-8)6-20-13(18-3)19-5-4-11-22-10(7-23-11)14(15,16)17;/h7H,4-6H2,1-3H3,(H2,18,19,20);1H. The zero-order chi connectivity index (χ0) is 17.7. The van der Waals surface area contributed by atoms with E-state index in [0.29, 0.717) is 30.5 Å². The molecule has 0 atom stereocenters. The highest BCUT2D eigenvalue weighted by molar-refractivity contribution is 14.0. The summed E-state index contributed by atoms with van der Waals surface area (Å²) >= 11 is 2.63. The fourth-order valence-electron chi connectivity index (χ4n) is 1.84. The van der Waals surface area contributed by atoms with Crippen LogP contribution in [0.4, 0.5) is 13.2 Å². The zero-order valence-electron chi connectivity index (χ0n) is 13.9. The molecular weight excluding hydrogens is 486 g/mol. The van der Waals surface area contributed by atoms with Gasteiger partial charge in [0.2, 0.25) is 0 Å². The van der Waals surface area contributed by atoms with Crippen molar-refractivity contribution in [3.05, 3.63) is 31.7 Å². The van der Waals surface area contributed by atoms with Gasteiger partial charge in [-0.2, -0.15) is 13.2 Å². The molecule has 2 aromatic heterocycles. The van der Waals surface area contributed by atoms with E-state index in [0.717, 1.165) is 27.4 Å². The van der Waals surface area contributed by atoms with E-state index in [2.05, 4.69) is 25.6 Å². The van der Waals surface area contributed by atoms with Crippen LogP contribution in [0.25, 0.3) is 0 Å². The summed E-state index contributed by atoms with van der Waals surface area (Å²) in [6.07, 6.45) is -3.99. The van der Waals surface area contributed by atoms with E-state index in [9.17, 15) is 13.2 Å². The number of aliphatic imine (C=N–C) groups is 1. The van der Waals surface area contributed by atoms with Crippen LogP contribution >= 0.6 is 46.7 Å². The molecule has 140 valence electrons. The molecule has 0 aromatic carbocycles. The lowest BCUT2D eigenvalue weighted by molar-refractivity contribution is -0.140. The lowest BCUT2D eigenvalue weighted by Gasteiger charge is -2.10. The number of nitrogens with zero attached hydrogens (tertiary/aromatic N) is 3. The molecule has 2 N–H and O–H groups in total. The maximum absolute atomic E-state index is 12.5. The molecule has 25 heavy (non-hydrogen) atoms. The first kappa shape index (κ1) is 22.1. The summed E-state index contributed by atoms with van der Waals surface area (Å²) in [5, 5.41) is 8.63. The summed E-state index contributed by atoms with van der Waals surface area (Å²) < 4.78 is 37.5. The summed E-state index contributed by atoms with van der Waals surface area (Å²) in [7, 11) is 1.64. The van der Waals surface area contributed by atoms with Crippen molar-refractivity contribution >= 4 is 52.6 Å². The van der Waals surface area contributed by atoms with E-state index in [-0.39, 0.29) is 24.0 Å². The number of aryl methyl sites for hydroxylation is 2. The molecule has 0 saturated heterocycles. The maximum Gasteiger partial charge on any atom is 0.434 e. The highest BCUT2D eigenvalue weighted by Crippen LogP contribution is 2.29. The Hall–Kier alpha value is -0.950. The molecule has 11 heteroatoms. The lowest BCUT2D eigenvalue weighted by Crippen LogP contribution is -2.37. The number of halogens is 4. The Morgan fingerprint density at radius 1 is 1.20 bits per heavy atom. The molecule has 2 rings (SSSR count). The van der Waals surface area contributed by atoms with Crippen LogP contribution in [0.3, 0.4) is 0 Å². The highest BCUT2D eigenvalue weighted by Gasteiger charge is 2.33. The van der Waals surface area contributed by atoms with Crippen molar-refractivity contribution in [3.63, 3.8) is 0 Å². The number of nitrogens with one attached hydrogen (secondary N) is 2. The van der Waals surface area contributed by atoms with Crippen LogP contribution < -0.4 is 10.6 Å². The minimum atomic E-state index is -4.39. The molecule has 0 unspecified atom stereocenters. The van der Waals surface area contributed by atoms with Gasteiger partial charge in [0.15, 0.2) is 11.7 Å². The quantitative estimate of drug-likeness (QED) is 0.369. The third-order valence-corrected chi connectivity index (χ3v) is 5.16.